The van der Waals surface area contributed by atoms with E-state index in [1.165, 1.54) is 28.6 Å². The number of ether oxygens (including phenoxy) is 2. The van der Waals surface area contributed by atoms with Gasteiger partial charge in [-0.1, -0.05) is 12.1 Å². The molecule has 9 heteroatoms. The van der Waals surface area contributed by atoms with E-state index in [0.29, 0.717) is 30.7 Å². The third kappa shape index (κ3) is 6.65. The summed E-state index contributed by atoms with van der Waals surface area (Å²) in [6.07, 6.45) is 0.986. The fraction of sp³-hybridized carbons (Fsp3) is 0.440. The molecule has 0 bridgehead atoms. The molecule has 2 aromatic rings. The van der Waals surface area contributed by atoms with Crippen molar-refractivity contribution in [2.45, 2.75) is 51.2 Å². The lowest BCUT2D eigenvalue weighted by Crippen LogP contribution is -2.41. The van der Waals surface area contributed by atoms with E-state index in [0.717, 1.165) is 5.56 Å². The van der Waals surface area contributed by atoms with Gasteiger partial charge < -0.3 is 14.8 Å². The maximum atomic E-state index is 13.0. The normalized spacial score (nSPS) is 15.3. The zero-order valence-electron chi connectivity index (χ0n) is 19.8. The van der Waals surface area contributed by atoms with Crippen LogP contribution in [-0.4, -0.2) is 50.4 Å². The highest BCUT2D eigenvalue weighted by atomic mass is 32.2. The molecule has 0 radical (unpaired) electrons. The molecule has 8 nitrogen and oxygen atoms in total. The third-order valence-corrected chi connectivity index (χ3v) is 7.52. The van der Waals surface area contributed by atoms with E-state index in [1.807, 2.05) is 38.1 Å². The highest BCUT2D eigenvalue weighted by molar-refractivity contribution is 7.89. The van der Waals surface area contributed by atoms with Gasteiger partial charge in [0.15, 0.2) is 0 Å². The second-order valence-electron chi connectivity index (χ2n) is 8.47. The van der Waals surface area contributed by atoms with Gasteiger partial charge in [-0.2, -0.15) is 4.31 Å². The van der Waals surface area contributed by atoms with Crippen molar-refractivity contribution in [1.29, 1.82) is 0 Å². The van der Waals surface area contributed by atoms with Crippen LogP contribution in [0.25, 0.3) is 0 Å². The molecule has 1 aliphatic rings. The first-order valence-corrected chi connectivity index (χ1v) is 12.9. The van der Waals surface area contributed by atoms with E-state index < -0.39 is 16.0 Å². The Morgan fingerprint density at radius 2 is 1.76 bits per heavy atom. The number of carbonyl (C=O) groups is 2. The van der Waals surface area contributed by atoms with Gasteiger partial charge in [-0.25, -0.2) is 13.2 Å². The first kappa shape index (κ1) is 25.9. The summed E-state index contributed by atoms with van der Waals surface area (Å²) in [4.78, 5) is 24.7. The summed E-state index contributed by atoms with van der Waals surface area (Å²) in [7, 11) is -3.71. The zero-order chi connectivity index (χ0) is 24.7. The molecule has 1 amide bonds. The standard InChI is InChI=1S/C25H32N2O6S/c1-4-32-25(29)21-8-10-23(11-9-21)34(30,31)27-14-12-20(13-15-27)24(28)26-22-7-5-6-19(16-22)17-33-18(2)3/h5-11,16,18,20H,4,12-15,17H2,1-3H3,(H,26,28). The number of hydrogen-bond acceptors (Lipinski definition) is 6. The smallest absolute Gasteiger partial charge is 0.338 e. The lowest BCUT2D eigenvalue weighted by Gasteiger charge is -2.30. The molecule has 0 spiro atoms. The molecule has 1 aliphatic heterocycles. The Bertz CT molecular complexity index is 1090. The summed E-state index contributed by atoms with van der Waals surface area (Å²) < 4.78 is 37.9. The number of nitrogens with zero attached hydrogens (tertiary/aromatic N) is 1. The second kappa shape index (κ2) is 11.6. The zero-order valence-corrected chi connectivity index (χ0v) is 20.6. The average Bonchev–Trinajstić information content (AvgIpc) is 2.83. The number of benzene rings is 2. The van der Waals surface area contributed by atoms with Gasteiger partial charge in [0.05, 0.1) is 29.8 Å². The van der Waals surface area contributed by atoms with E-state index in [-0.39, 0.29) is 42.5 Å². The van der Waals surface area contributed by atoms with Gasteiger partial charge in [0.2, 0.25) is 15.9 Å². The van der Waals surface area contributed by atoms with Crippen molar-refractivity contribution < 1.29 is 27.5 Å². The lowest BCUT2D eigenvalue weighted by molar-refractivity contribution is -0.120. The molecule has 0 aromatic heterocycles. The molecule has 34 heavy (non-hydrogen) atoms. The van der Waals surface area contributed by atoms with Gasteiger partial charge in [-0.15, -0.1) is 0 Å². The number of anilines is 1. The van der Waals surface area contributed by atoms with Crippen LogP contribution in [0.2, 0.25) is 0 Å². The van der Waals surface area contributed by atoms with Crippen molar-refractivity contribution in [3.8, 4) is 0 Å². The van der Waals surface area contributed by atoms with Crippen LogP contribution in [0.1, 0.15) is 49.5 Å². The molecule has 0 unspecified atom stereocenters. The number of carbonyl (C=O) groups excluding carboxylic acids is 2. The highest BCUT2D eigenvalue weighted by Gasteiger charge is 2.32. The summed E-state index contributed by atoms with van der Waals surface area (Å²) in [5.74, 6) is -0.873. The van der Waals surface area contributed by atoms with Crippen LogP contribution in [0.5, 0.6) is 0 Å². The Morgan fingerprint density at radius 3 is 2.38 bits per heavy atom. The van der Waals surface area contributed by atoms with Crippen LogP contribution in [0.4, 0.5) is 5.69 Å². The number of amides is 1. The third-order valence-electron chi connectivity index (χ3n) is 5.61. The molecule has 0 aliphatic carbocycles. The van der Waals surface area contributed by atoms with Crippen LogP contribution < -0.4 is 5.32 Å². The number of sulfonamides is 1. The minimum Gasteiger partial charge on any atom is -0.462 e. The Balaban J connectivity index is 1.56. The molecule has 184 valence electrons. The molecule has 1 saturated heterocycles. The Hall–Kier alpha value is -2.75. The van der Waals surface area contributed by atoms with Gasteiger partial charge >= 0.3 is 5.97 Å². The minimum absolute atomic E-state index is 0.113. The number of nitrogens with one attached hydrogen (secondary N) is 1. The second-order valence-corrected chi connectivity index (χ2v) is 10.4. The predicted molar refractivity (Wildman–Crippen MR) is 129 cm³/mol. The lowest BCUT2D eigenvalue weighted by atomic mass is 9.97. The molecule has 1 N–H and O–H groups in total. The van der Waals surface area contributed by atoms with Crippen LogP contribution in [-0.2, 0) is 30.9 Å². The van der Waals surface area contributed by atoms with Crippen LogP contribution >= 0.6 is 0 Å². The number of piperidine rings is 1. The Labute approximate surface area is 201 Å². The van der Waals surface area contributed by atoms with E-state index in [2.05, 4.69) is 5.32 Å². The van der Waals surface area contributed by atoms with Gasteiger partial charge in [0.1, 0.15) is 0 Å². The van der Waals surface area contributed by atoms with Crippen LogP contribution in [0.3, 0.4) is 0 Å². The first-order chi connectivity index (χ1) is 16.2. The number of rotatable bonds is 9. The molecule has 0 saturated carbocycles. The monoisotopic (exact) mass is 488 g/mol. The Kier molecular flexibility index (Phi) is 8.82. The van der Waals surface area contributed by atoms with E-state index >= 15 is 0 Å². The maximum Gasteiger partial charge on any atom is 0.338 e. The quantitative estimate of drug-likeness (QED) is 0.539. The van der Waals surface area contributed by atoms with Gasteiger partial charge in [-0.3, -0.25) is 4.79 Å². The molecule has 1 heterocycles. The first-order valence-electron chi connectivity index (χ1n) is 11.5. The van der Waals surface area contributed by atoms with Gasteiger partial charge in [0.25, 0.3) is 0 Å². The van der Waals surface area contributed by atoms with Crippen molar-refractivity contribution in [3.63, 3.8) is 0 Å². The number of esters is 1. The summed E-state index contributed by atoms with van der Waals surface area (Å²) in [6, 6.07) is 13.3. The molecule has 2 aromatic carbocycles. The maximum absolute atomic E-state index is 13.0. The topological polar surface area (TPSA) is 102 Å². The van der Waals surface area contributed by atoms with Gasteiger partial charge in [0, 0.05) is 24.7 Å². The van der Waals surface area contributed by atoms with Gasteiger partial charge in [-0.05, 0) is 75.6 Å². The predicted octanol–water partition coefficient (Wildman–Crippen LogP) is 3.83. The summed E-state index contributed by atoms with van der Waals surface area (Å²) in [5, 5.41) is 2.95. The average molecular weight is 489 g/mol. The van der Waals surface area contributed by atoms with Crippen molar-refractivity contribution in [2.75, 3.05) is 25.0 Å². The molecular weight excluding hydrogens is 456 g/mol. The van der Waals surface area contributed by atoms with E-state index in [4.69, 9.17) is 9.47 Å². The van der Waals surface area contributed by atoms with Crippen molar-refractivity contribution in [2.24, 2.45) is 5.92 Å². The molecule has 1 fully saturated rings. The van der Waals surface area contributed by atoms with Crippen molar-refractivity contribution in [1.82, 2.24) is 4.31 Å². The van der Waals surface area contributed by atoms with Crippen molar-refractivity contribution in [3.05, 3.63) is 59.7 Å². The molecular formula is C25H32N2O6S. The summed E-state index contributed by atoms with van der Waals surface area (Å²) in [6.45, 7) is 6.87. The fourth-order valence-electron chi connectivity index (χ4n) is 3.73. The van der Waals surface area contributed by atoms with Crippen LogP contribution in [0, 0.1) is 5.92 Å². The number of hydrogen-bond donors (Lipinski definition) is 1. The highest BCUT2D eigenvalue weighted by Crippen LogP contribution is 2.25. The Morgan fingerprint density at radius 1 is 1.09 bits per heavy atom. The van der Waals surface area contributed by atoms with E-state index in [9.17, 15) is 18.0 Å². The van der Waals surface area contributed by atoms with Crippen LogP contribution in [0.15, 0.2) is 53.4 Å². The summed E-state index contributed by atoms with van der Waals surface area (Å²) in [5.41, 5.74) is 1.98. The molecule has 0 atom stereocenters. The largest absolute Gasteiger partial charge is 0.462 e. The minimum atomic E-state index is -3.71. The fourth-order valence-corrected chi connectivity index (χ4v) is 5.20. The van der Waals surface area contributed by atoms with E-state index in [1.54, 1.807) is 6.92 Å². The van der Waals surface area contributed by atoms with Crippen molar-refractivity contribution >= 4 is 27.6 Å². The molecule has 3 rings (SSSR count). The SMILES string of the molecule is CCOC(=O)c1ccc(S(=O)(=O)N2CCC(C(=O)Nc3cccc(COC(C)C)c3)CC2)cc1. The summed E-state index contributed by atoms with van der Waals surface area (Å²) >= 11 is 0.